The molecule has 1 aliphatic heterocycles. The van der Waals surface area contributed by atoms with Gasteiger partial charge in [0.1, 0.15) is 0 Å². The van der Waals surface area contributed by atoms with Crippen LogP contribution < -0.4 is 0 Å². The second kappa shape index (κ2) is 2.74. The summed E-state index contributed by atoms with van der Waals surface area (Å²) in [4.78, 5) is 2.35. The lowest BCUT2D eigenvalue weighted by Gasteiger charge is -2.47. The average Bonchev–Trinajstić information content (AvgIpc) is 1.83. The summed E-state index contributed by atoms with van der Waals surface area (Å²) in [5.74, 6) is 0. The Bertz CT molecular complexity index is 202. The molecule has 1 heterocycles. The van der Waals surface area contributed by atoms with Gasteiger partial charge in [-0.05, 0) is 19.3 Å². The van der Waals surface area contributed by atoms with Crippen molar-refractivity contribution in [3.8, 4) is 6.07 Å². The van der Waals surface area contributed by atoms with Crippen LogP contribution in [0.25, 0.3) is 0 Å². The fourth-order valence-electron chi connectivity index (χ4n) is 1.87. The maximum atomic E-state index is 8.82. The molecule has 0 aromatic carbocycles. The topological polar surface area (TPSA) is 27.0 Å². The number of hydrogen-bond donors (Lipinski definition) is 0. The zero-order valence-electron chi connectivity index (χ0n) is 8.52. The largest absolute Gasteiger partial charge is 0.301 e. The Labute approximate surface area is 75.2 Å². The molecular weight excluding hydrogens is 148 g/mol. The third-order valence-corrected chi connectivity index (χ3v) is 2.22. The molecule has 0 saturated carbocycles. The molecule has 0 aromatic rings. The molecule has 1 aliphatic rings. The molecule has 0 spiro atoms. The first kappa shape index (κ1) is 9.54. The second-order valence-corrected chi connectivity index (χ2v) is 5.31. The Hall–Kier alpha value is -0.550. The normalized spacial score (nSPS) is 22.9. The van der Waals surface area contributed by atoms with Gasteiger partial charge in [0.2, 0.25) is 0 Å². The zero-order valence-corrected chi connectivity index (χ0v) is 8.52. The molecule has 1 saturated heterocycles. The number of nitrogens with zero attached hydrogens (tertiary/aromatic N) is 2. The molecule has 0 bridgehead atoms. The highest BCUT2D eigenvalue weighted by atomic mass is 15.2. The van der Waals surface area contributed by atoms with Crippen LogP contribution in [0.3, 0.4) is 0 Å². The monoisotopic (exact) mass is 166 g/mol. The highest BCUT2D eigenvalue weighted by Crippen LogP contribution is 2.31. The van der Waals surface area contributed by atoms with Crippen molar-refractivity contribution in [1.82, 2.24) is 4.90 Å². The first-order valence-corrected chi connectivity index (χ1v) is 4.48. The van der Waals surface area contributed by atoms with Crippen LogP contribution in [0.1, 0.15) is 27.7 Å². The first-order valence-electron chi connectivity index (χ1n) is 4.48. The zero-order chi connectivity index (χ0) is 9.41. The first-order chi connectivity index (χ1) is 5.35. The molecular formula is C10H18N2. The van der Waals surface area contributed by atoms with E-state index in [0.29, 0.717) is 5.41 Å². The van der Waals surface area contributed by atoms with Gasteiger partial charge in [0, 0.05) is 19.6 Å². The molecule has 0 atom stereocenters. The molecule has 0 aliphatic carbocycles. The smallest absolute Gasteiger partial charge is 0.0697 e. The Balaban J connectivity index is 2.34. The van der Waals surface area contributed by atoms with Crippen LogP contribution in [0.15, 0.2) is 0 Å². The highest BCUT2D eigenvalue weighted by molar-refractivity contribution is 4.98. The van der Waals surface area contributed by atoms with Crippen molar-refractivity contribution in [3.05, 3.63) is 0 Å². The van der Waals surface area contributed by atoms with Gasteiger partial charge in [-0.25, -0.2) is 0 Å². The minimum Gasteiger partial charge on any atom is -0.301 e. The summed E-state index contributed by atoms with van der Waals surface area (Å²) in [6.45, 7) is 11.7. The number of likely N-dealkylation sites (tertiary alicyclic amines) is 1. The van der Waals surface area contributed by atoms with Gasteiger partial charge in [-0.2, -0.15) is 5.26 Å². The van der Waals surface area contributed by atoms with Crippen LogP contribution in [0.5, 0.6) is 0 Å². The van der Waals surface area contributed by atoms with Crippen LogP contribution >= 0.6 is 0 Å². The van der Waals surface area contributed by atoms with E-state index >= 15 is 0 Å². The molecule has 0 unspecified atom stereocenters. The Morgan fingerprint density at radius 1 is 1.42 bits per heavy atom. The van der Waals surface area contributed by atoms with Gasteiger partial charge in [-0.15, -0.1) is 0 Å². The number of hydrogen-bond acceptors (Lipinski definition) is 2. The van der Waals surface area contributed by atoms with E-state index < -0.39 is 0 Å². The van der Waals surface area contributed by atoms with Gasteiger partial charge in [0.25, 0.3) is 0 Å². The van der Waals surface area contributed by atoms with E-state index in [0.717, 1.165) is 19.6 Å². The number of rotatable bonds is 2. The van der Waals surface area contributed by atoms with Crippen molar-refractivity contribution in [2.45, 2.75) is 27.7 Å². The van der Waals surface area contributed by atoms with Crippen LogP contribution in [0.2, 0.25) is 0 Å². The third-order valence-electron chi connectivity index (χ3n) is 2.22. The Morgan fingerprint density at radius 2 is 1.92 bits per heavy atom. The van der Waals surface area contributed by atoms with Crippen LogP contribution in [0, 0.1) is 22.2 Å². The summed E-state index contributed by atoms with van der Waals surface area (Å²) in [5.41, 5.74) is 0.294. The summed E-state index contributed by atoms with van der Waals surface area (Å²) < 4.78 is 0. The predicted molar refractivity (Wildman–Crippen MR) is 49.6 cm³/mol. The molecule has 2 nitrogen and oxygen atoms in total. The maximum absolute atomic E-state index is 8.82. The van der Waals surface area contributed by atoms with E-state index in [1.807, 2.05) is 13.8 Å². The molecule has 0 aromatic heterocycles. The second-order valence-electron chi connectivity index (χ2n) is 5.31. The summed E-state index contributed by atoms with van der Waals surface area (Å²) in [5, 5.41) is 8.82. The van der Waals surface area contributed by atoms with E-state index in [1.54, 1.807) is 0 Å². The van der Waals surface area contributed by atoms with E-state index in [2.05, 4.69) is 24.8 Å². The lowest BCUT2D eigenvalue weighted by Crippen LogP contribution is -2.55. The van der Waals surface area contributed by atoms with Gasteiger partial charge in [-0.1, -0.05) is 13.8 Å². The minimum absolute atomic E-state index is 0.184. The van der Waals surface area contributed by atoms with Crippen molar-refractivity contribution in [2.24, 2.45) is 10.8 Å². The van der Waals surface area contributed by atoms with E-state index in [9.17, 15) is 0 Å². The van der Waals surface area contributed by atoms with Gasteiger partial charge in [0.05, 0.1) is 11.5 Å². The van der Waals surface area contributed by atoms with Crippen molar-refractivity contribution in [1.29, 1.82) is 5.26 Å². The van der Waals surface area contributed by atoms with E-state index in [4.69, 9.17) is 5.26 Å². The molecule has 0 N–H and O–H groups in total. The third kappa shape index (κ3) is 2.22. The Morgan fingerprint density at radius 3 is 2.25 bits per heavy atom. The van der Waals surface area contributed by atoms with Gasteiger partial charge >= 0.3 is 0 Å². The molecule has 1 fully saturated rings. The highest BCUT2D eigenvalue weighted by Gasteiger charge is 2.36. The van der Waals surface area contributed by atoms with Gasteiger partial charge in [0.15, 0.2) is 0 Å². The lowest BCUT2D eigenvalue weighted by atomic mass is 9.82. The molecule has 68 valence electrons. The molecule has 1 rings (SSSR count). The van der Waals surface area contributed by atoms with E-state index in [1.165, 1.54) is 0 Å². The van der Waals surface area contributed by atoms with Crippen molar-refractivity contribution < 1.29 is 0 Å². The fraction of sp³-hybridized carbons (Fsp3) is 0.900. The van der Waals surface area contributed by atoms with Crippen LogP contribution in [0.4, 0.5) is 0 Å². The van der Waals surface area contributed by atoms with Crippen molar-refractivity contribution >= 4 is 0 Å². The SMILES string of the molecule is CC(C)(C#N)CN1CC(C)(C)C1. The number of nitriles is 1. The lowest BCUT2D eigenvalue weighted by molar-refractivity contribution is 0.0128. The summed E-state index contributed by atoms with van der Waals surface area (Å²) in [6, 6.07) is 2.33. The van der Waals surface area contributed by atoms with Crippen LogP contribution in [-0.4, -0.2) is 24.5 Å². The standard InChI is InChI=1S/C10H18N2/c1-9(2,5-11)6-12-7-10(3,4)8-12/h6-8H2,1-4H3. The average molecular weight is 166 g/mol. The summed E-state index contributed by atoms with van der Waals surface area (Å²) in [6.07, 6.45) is 0. The van der Waals surface area contributed by atoms with Gasteiger partial charge < -0.3 is 4.90 Å². The quantitative estimate of drug-likeness (QED) is 0.626. The summed E-state index contributed by atoms with van der Waals surface area (Å²) in [7, 11) is 0. The fourth-order valence-corrected chi connectivity index (χ4v) is 1.87. The minimum atomic E-state index is -0.184. The van der Waals surface area contributed by atoms with Crippen molar-refractivity contribution in [3.63, 3.8) is 0 Å². The molecule has 0 radical (unpaired) electrons. The molecule has 2 heteroatoms. The Kier molecular flexibility index (Phi) is 2.18. The predicted octanol–water partition coefficient (Wildman–Crippen LogP) is 1.88. The van der Waals surface area contributed by atoms with Crippen LogP contribution in [-0.2, 0) is 0 Å². The summed E-state index contributed by atoms with van der Waals surface area (Å²) >= 11 is 0. The van der Waals surface area contributed by atoms with E-state index in [-0.39, 0.29) is 5.41 Å². The maximum Gasteiger partial charge on any atom is 0.0697 e. The molecule has 12 heavy (non-hydrogen) atoms. The van der Waals surface area contributed by atoms with Crippen molar-refractivity contribution in [2.75, 3.05) is 19.6 Å². The van der Waals surface area contributed by atoms with Gasteiger partial charge in [-0.3, -0.25) is 0 Å². The molecule has 0 amide bonds.